The molecule has 2 amide bonds. The molecule has 0 spiro atoms. The summed E-state index contributed by atoms with van der Waals surface area (Å²) in [6.07, 6.45) is 5.42. The minimum atomic E-state index is -0.503. The Morgan fingerprint density at radius 3 is 2.81 bits per heavy atom. The third-order valence-corrected chi connectivity index (χ3v) is 5.38. The van der Waals surface area contributed by atoms with E-state index in [1.165, 1.54) is 19.2 Å². The maximum atomic E-state index is 13.3. The van der Waals surface area contributed by atoms with Gasteiger partial charge in [0, 0.05) is 30.7 Å². The first-order valence-electron chi connectivity index (χ1n) is 10.1. The first kappa shape index (κ1) is 21.0. The van der Waals surface area contributed by atoms with Gasteiger partial charge in [-0.15, -0.1) is 0 Å². The number of nitrogens with zero attached hydrogens (tertiary/aromatic N) is 2. The van der Waals surface area contributed by atoms with Crippen molar-refractivity contribution in [3.63, 3.8) is 0 Å². The molecule has 3 N–H and O–H groups in total. The Kier molecular flexibility index (Phi) is 6.24. The predicted octanol–water partition coefficient (Wildman–Crippen LogP) is 2.00. The van der Waals surface area contributed by atoms with Gasteiger partial charge in [0.05, 0.1) is 24.4 Å². The highest BCUT2D eigenvalue weighted by atomic mass is 19.1. The Morgan fingerprint density at radius 1 is 1.29 bits per heavy atom. The van der Waals surface area contributed by atoms with Gasteiger partial charge in [-0.2, -0.15) is 0 Å². The van der Waals surface area contributed by atoms with E-state index in [-0.39, 0.29) is 23.5 Å². The molecule has 1 aliphatic rings. The molecule has 162 valence electrons. The van der Waals surface area contributed by atoms with Crippen LogP contribution in [-0.4, -0.2) is 47.6 Å². The fourth-order valence-electron chi connectivity index (χ4n) is 3.80. The van der Waals surface area contributed by atoms with Crippen LogP contribution in [0.2, 0.25) is 0 Å². The fourth-order valence-corrected chi connectivity index (χ4v) is 3.80. The van der Waals surface area contributed by atoms with E-state index in [9.17, 15) is 14.0 Å². The van der Waals surface area contributed by atoms with Gasteiger partial charge in [-0.05, 0) is 43.1 Å². The number of hydrogen-bond donors (Lipinski definition) is 3. The highest BCUT2D eigenvalue weighted by Gasteiger charge is 2.20. The van der Waals surface area contributed by atoms with Gasteiger partial charge in [-0.1, -0.05) is 12.1 Å². The van der Waals surface area contributed by atoms with Gasteiger partial charge in [0.1, 0.15) is 11.5 Å². The van der Waals surface area contributed by atoms with Crippen LogP contribution in [0.1, 0.15) is 39.3 Å². The quantitative estimate of drug-likeness (QED) is 0.503. The molecule has 2 aromatic heterocycles. The van der Waals surface area contributed by atoms with Crippen molar-refractivity contribution >= 4 is 22.7 Å². The summed E-state index contributed by atoms with van der Waals surface area (Å²) in [7, 11) is 1.34. The predicted molar refractivity (Wildman–Crippen MR) is 113 cm³/mol. The monoisotopic (exact) mass is 425 g/mol. The van der Waals surface area contributed by atoms with E-state index in [0.29, 0.717) is 29.6 Å². The molecule has 1 aliphatic heterocycles. The van der Waals surface area contributed by atoms with E-state index < -0.39 is 5.91 Å². The number of halogens is 1. The zero-order chi connectivity index (χ0) is 21.8. The lowest BCUT2D eigenvalue weighted by Gasteiger charge is -2.11. The normalized spacial score (nSPS) is 15.9. The molecule has 0 aliphatic carbocycles. The van der Waals surface area contributed by atoms with E-state index in [1.54, 1.807) is 30.6 Å². The van der Waals surface area contributed by atoms with Crippen LogP contribution in [0, 0.1) is 5.82 Å². The maximum absolute atomic E-state index is 13.3. The lowest BCUT2D eigenvalue weighted by Crippen LogP contribution is -2.37. The average Bonchev–Trinajstić information content (AvgIpc) is 3.42. The van der Waals surface area contributed by atoms with Gasteiger partial charge in [0.15, 0.2) is 0 Å². The molecule has 1 unspecified atom stereocenters. The molecule has 31 heavy (non-hydrogen) atoms. The van der Waals surface area contributed by atoms with Crippen LogP contribution in [-0.2, 0) is 11.4 Å². The third kappa shape index (κ3) is 4.73. The van der Waals surface area contributed by atoms with Crippen LogP contribution in [0.3, 0.4) is 0 Å². The first-order chi connectivity index (χ1) is 15.0. The molecule has 3 heterocycles. The first-order valence-corrected chi connectivity index (χ1v) is 10.1. The number of hydroxylamine groups is 1. The van der Waals surface area contributed by atoms with Crippen LogP contribution in [0.5, 0.6) is 0 Å². The summed E-state index contributed by atoms with van der Waals surface area (Å²) in [4.78, 5) is 34.0. The van der Waals surface area contributed by atoms with Crippen LogP contribution < -0.4 is 16.1 Å². The van der Waals surface area contributed by atoms with Gasteiger partial charge in [-0.3, -0.25) is 14.4 Å². The maximum Gasteiger partial charge on any atom is 0.293 e. The largest absolute Gasteiger partial charge is 0.350 e. The minimum absolute atomic E-state index is 0.139. The van der Waals surface area contributed by atoms with Gasteiger partial charge in [0.25, 0.3) is 11.8 Å². The molecule has 9 heteroatoms. The number of rotatable bonds is 7. The number of nitrogens with one attached hydrogen (secondary N) is 3. The summed E-state index contributed by atoms with van der Waals surface area (Å²) in [5, 5.41) is 6.94. The van der Waals surface area contributed by atoms with Gasteiger partial charge in [-0.25, -0.2) is 14.9 Å². The van der Waals surface area contributed by atoms with E-state index in [0.717, 1.165) is 24.9 Å². The fraction of sp³-hybridized carbons (Fsp3) is 0.318. The van der Waals surface area contributed by atoms with E-state index >= 15 is 0 Å². The number of amides is 2. The second-order valence-corrected chi connectivity index (χ2v) is 7.52. The molecular weight excluding hydrogens is 401 g/mol. The highest BCUT2D eigenvalue weighted by molar-refractivity contribution is 6.08. The van der Waals surface area contributed by atoms with Crippen LogP contribution in [0.4, 0.5) is 4.39 Å². The van der Waals surface area contributed by atoms with Crippen molar-refractivity contribution in [3.05, 3.63) is 65.4 Å². The molecule has 0 saturated carbocycles. The molecule has 1 aromatic carbocycles. The van der Waals surface area contributed by atoms with Crippen molar-refractivity contribution in [2.75, 3.05) is 20.2 Å². The lowest BCUT2D eigenvalue weighted by molar-refractivity contribution is 0.0532. The Morgan fingerprint density at radius 2 is 2.10 bits per heavy atom. The zero-order valence-corrected chi connectivity index (χ0v) is 17.2. The van der Waals surface area contributed by atoms with Crippen LogP contribution >= 0.6 is 0 Å². The second kappa shape index (κ2) is 9.23. The summed E-state index contributed by atoms with van der Waals surface area (Å²) >= 11 is 0. The molecule has 8 nitrogen and oxygen atoms in total. The summed E-state index contributed by atoms with van der Waals surface area (Å²) in [6.45, 7) is 1.92. The van der Waals surface area contributed by atoms with E-state index in [2.05, 4.69) is 25.9 Å². The van der Waals surface area contributed by atoms with Crippen molar-refractivity contribution in [1.29, 1.82) is 0 Å². The summed E-state index contributed by atoms with van der Waals surface area (Å²) in [5.41, 5.74) is 4.40. The molecular formula is C22H24FN5O3. The number of aromatic nitrogens is 2. The Labute approximate surface area is 178 Å². The number of carbonyl (C=O) groups is 2. The van der Waals surface area contributed by atoms with Crippen molar-refractivity contribution in [2.45, 2.75) is 25.4 Å². The Balaban J connectivity index is 1.67. The highest BCUT2D eigenvalue weighted by Crippen LogP contribution is 2.23. The molecule has 3 aromatic rings. The van der Waals surface area contributed by atoms with Crippen molar-refractivity contribution in [1.82, 2.24) is 25.7 Å². The van der Waals surface area contributed by atoms with E-state index in [1.807, 2.05) is 4.57 Å². The summed E-state index contributed by atoms with van der Waals surface area (Å²) in [5.74, 6) is -1.03. The van der Waals surface area contributed by atoms with Crippen LogP contribution in [0.25, 0.3) is 10.9 Å². The van der Waals surface area contributed by atoms with Crippen molar-refractivity contribution in [2.24, 2.45) is 0 Å². The van der Waals surface area contributed by atoms with E-state index in [4.69, 9.17) is 0 Å². The Hall–Kier alpha value is -3.30. The number of carbonyl (C=O) groups excluding carboxylic acids is 2. The van der Waals surface area contributed by atoms with Crippen molar-refractivity contribution < 1.29 is 18.8 Å². The SMILES string of the molecule is CONC(=O)c1cc2c(C(=O)NCC3CCCN3)cn(Cc3ccc(F)cc3)c2cn1. The standard InChI is InChI=1S/C22H24FN5O3/c1-31-27-22(30)19-9-17-18(21(29)26-10-16-3-2-8-24-16)13-28(20(17)11-25-19)12-14-4-6-15(23)7-5-14/h4-7,9,11,13,16,24H,2-3,8,10,12H2,1H3,(H,26,29)(H,27,30). The molecule has 0 bridgehead atoms. The molecule has 1 saturated heterocycles. The minimum Gasteiger partial charge on any atom is -0.350 e. The number of fused-ring (bicyclic) bond motifs is 1. The number of hydrogen-bond acceptors (Lipinski definition) is 5. The van der Waals surface area contributed by atoms with Gasteiger partial charge in [0.2, 0.25) is 0 Å². The lowest BCUT2D eigenvalue weighted by atomic mass is 10.1. The van der Waals surface area contributed by atoms with Gasteiger partial charge >= 0.3 is 0 Å². The topological polar surface area (TPSA) is 97.3 Å². The molecule has 1 atom stereocenters. The van der Waals surface area contributed by atoms with Crippen LogP contribution in [0.15, 0.2) is 42.7 Å². The summed E-state index contributed by atoms with van der Waals surface area (Å²) in [6, 6.07) is 8.03. The summed E-state index contributed by atoms with van der Waals surface area (Å²) < 4.78 is 15.1. The van der Waals surface area contributed by atoms with Gasteiger partial charge < -0.3 is 15.2 Å². The third-order valence-electron chi connectivity index (χ3n) is 5.38. The molecule has 0 radical (unpaired) electrons. The average molecular weight is 425 g/mol. The zero-order valence-electron chi connectivity index (χ0n) is 17.2. The number of benzene rings is 1. The smallest absolute Gasteiger partial charge is 0.293 e. The molecule has 1 fully saturated rings. The second-order valence-electron chi connectivity index (χ2n) is 7.52. The molecule has 4 rings (SSSR count). The van der Waals surface area contributed by atoms with Crippen molar-refractivity contribution in [3.8, 4) is 0 Å². The number of pyridine rings is 1. The Bertz CT molecular complexity index is 1090.